The number of aliphatic hydroxyl groups is 1. The Morgan fingerprint density at radius 3 is 2.34 bits per heavy atom. The summed E-state index contributed by atoms with van der Waals surface area (Å²) >= 11 is 0. The zero-order valence-electron chi connectivity index (χ0n) is 16.0. The predicted molar refractivity (Wildman–Crippen MR) is 97.3 cm³/mol. The van der Waals surface area contributed by atoms with Crippen LogP contribution in [0.2, 0.25) is 0 Å². The first-order chi connectivity index (χ1) is 13.7. The Morgan fingerprint density at radius 2 is 1.79 bits per heavy atom. The first kappa shape index (κ1) is 22.5. The third-order valence-electron chi connectivity index (χ3n) is 4.21. The first-order valence-corrected chi connectivity index (χ1v) is 9.12. The lowest BCUT2D eigenvalue weighted by Gasteiger charge is -2.21. The van der Waals surface area contributed by atoms with Crippen molar-refractivity contribution < 1.29 is 37.2 Å². The van der Waals surface area contributed by atoms with Gasteiger partial charge in [0.15, 0.2) is 0 Å². The van der Waals surface area contributed by atoms with Gasteiger partial charge in [-0.25, -0.2) is 9.48 Å². The predicted octanol–water partition coefficient (Wildman–Crippen LogP) is 1.18. The number of ether oxygens (including phenoxy) is 1. The molecule has 0 atom stereocenters. The average Bonchev–Trinajstić information content (AvgIpc) is 2.71. The highest BCUT2D eigenvalue weighted by molar-refractivity contribution is 5.95. The Balaban J connectivity index is 2.00. The fourth-order valence-corrected chi connectivity index (χ4v) is 2.72. The Morgan fingerprint density at radius 1 is 1.17 bits per heavy atom. The number of hydrogen-bond acceptors (Lipinski definition) is 3. The lowest BCUT2D eigenvalue weighted by atomic mass is 10.1. The smallest absolute Gasteiger partial charge is 0.447 e. The van der Waals surface area contributed by atoms with Gasteiger partial charge >= 0.3 is 18.1 Å². The normalized spacial score (nSPS) is 14.3. The topological polar surface area (TPSA) is 93.9 Å². The minimum Gasteiger partial charge on any atom is -0.447 e. The summed E-state index contributed by atoms with van der Waals surface area (Å²) in [5.74, 6) is -3.13. The summed E-state index contributed by atoms with van der Waals surface area (Å²) in [4.78, 5) is 24.4. The summed E-state index contributed by atoms with van der Waals surface area (Å²) in [5.41, 5.74) is 3.91. The number of carbonyl (C=O) groups excluding carboxylic acids is 2. The lowest BCUT2D eigenvalue weighted by Crippen LogP contribution is -2.47. The van der Waals surface area contributed by atoms with Crippen molar-refractivity contribution >= 4 is 17.8 Å². The Kier molecular flexibility index (Phi) is 7.82. The molecule has 0 spiro atoms. The summed E-state index contributed by atoms with van der Waals surface area (Å²) in [6.45, 7) is 5.27. The molecule has 0 aromatic heterocycles. The summed E-state index contributed by atoms with van der Waals surface area (Å²) in [6.07, 6.45) is -4.27. The number of hydrazine groups is 1. The quantitative estimate of drug-likeness (QED) is 0.380. The highest BCUT2D eigenvalue weighted by Crippen LogP contribution is 2.13. The minimum atomic E-state index is -5.08. The van der Waals surface area contributed by atoms with Gasteiger partial charge in [0.1, 0.15) is 19.6 Å². The molecule has 0 bridgehead atoms. The molecule has 0 saturated carbocycles. The number of rotatable bonds is 5. The van der Waals surface area contributed by atoms with Crippen LogP contribution in [-0.2, 0) is 16.1 Å². The van der Waals surface area contributed by atoms with Crippen molar-refractivity contribution in [2.75, 3.05) is 32.8 Å². The van der Waals surface area contributed by atoms with Gasteiger partial charge in [0.25, 0.3) is 5.91 Å². The van der Waals surface area contributed by atoms with Crippen molar-refractivity contribution in [1.82, 2.24) is 15.8 Å². The van der Waals surface area contributed by atoms with E-state index < -0.39 is 18.0 Å². The molecular weight excluding hydrogens is 393 g/mol. The van der Waals surface area contributed by atoms with Gasteiger partial charge in [-0.05, 0) is 24.1 Å². The molecule has 11 heteroatoms. The molecule has 160 valence electrons. The van der Waals surface area contributed by atoms with Gasteiger partial charge in [0.05, 0.1) is 19.8 Å². The number of morpholine rings is 1. The van der Waals surface area contributed by atoms with E-state index in [4.69, 9.17) is 4.74 Å². The summed E-state index contributed by atoms with van der Waals surface area (Å²) in [6, 6.07) is 6.29. The second-order valence-electron chi connectivity index (χ2n) is 6.42. The van der Waals surface area contributed by atoms with E-state index in [0.717, 1.165) is 12.0 Å². The number of alkyl halides is 3. The van der Waals surface area contributed by atoms with Gasteiger partial charge in [0.2, 0.25) is 0 Å². The third kappa shape index (κ3) is 6.63. The zero-order valence-corrected chi connectivity index (χ0v) is 16.0. The number of nitrogens with one attached hydrogen (secondary N) is 2. The van der Waals surface area contributed by atoms with E-state index in [1.54, 1.807) is 17.6 Å². The average molecular weight is 417 g/mol. The maximum atomic E-state index is 12.1. The molecule has 0 radical (unpaired) electrons. The van der Waals surface area contributed by atoms with Crippen molar-refractivity contribution in [3.63, 3.8) is 0 Å². The number of amidine groups is 1. The van der Waals surface area contributed by atoms with Crippen LogP contribution >= 0.6 is 0 Å². The Hall–Kier alpha value is -2.82. The van der Waals surface area contributed by atoms with Gasteiger partial charge in [-0.2, -0.15) is 13.2 Å². The number of nitrogens with zero attached hydrogens (tertiary/aromatic N) is 2. The van der Waals surface area contributed by atoms with Crippen molar-refractivity contribution in [2.45, 2.75) is 26.1 Å². The number of amides is 2. The van der Waals surface area contributed by atoms with E-state index in [1.807, 2.05) is 16.4 Å². The van der Waals surface area contributed by atoms with Crippen molar-refractivity contribution in [1.29, 1.82) is 0 Å². The van der Waals surface area contributed by atoms with Gasteiger partial charge in [-0.15, -0.1) is 0 Å². The van der Waals surface area contributed by atoms with Crippen LogP contribution in [0.3, 0.4) is 0 Å². The number of halogens is 3. The molecule has 29 heavy (non-hydrogen) atoms. The highest BCUT2D eigenvalue weighted by Gasteiger charge is 2.39. The van der Waals surface area contributed by atoms with Gasteiger partial charge < -0.3 is 9.84 Å². The van der Waals surface area contributed by atoms with Gasteiger partial charge in [0, 0.05) is 5.56 Å². The van der Waals surface area contributed by atoms with Crippen LogP contribution in [-0.4, -0.2) is 71.4 Å². The molecule has 2 rings (SSSR count). The Labute approximate surface area is 165 Å². The van der Waals surface area contributed by atoms with Crippen LogP contribution in [0.4, 0.5) is 13.2 Å². The molecule has 1 aromatic carbocycles. The number of carbonyl (C=O) groups is 2. The molecule has 1 aromatic rings. The molecule has 3 N–H and O–H groups in total. The fraction of sp³-hybridized carbons (Fsp3) is 0.500. The summed E-state index contributed by atoms with van der Waals surface area (Å²) in [7, 11) is 0. The van der Waals surface area contributed by atoms with Crippen LogP contribution in [0, 0.1) is 0 Å². The van der Waals surface area contributed by atoms with Gasteiger partial charge in [-0.3, -0.25) is 20.4 Å². The highest BCUT2D eigenvalue weighted by atomic mass is 19.4. The van der Waals surface area contributed by atoms with Crippen molar-refractivity contribution in [3.8, 4) is 0 Å². The summed E-state index contributed by atoms with van der Waals surface area (Å²) in [5, 5.41) is 10.6. The molecule has 0 aliphatic carbocycles. The Bertz CT molecular complexity index is 742. The van der Waals surface area contributed by atoms with Crippen LogP contribution in [0.5, 0.6) is 0 Å². The molecule has 0 unspecified atom stereocenters. The maximum Gasteiger partial charge on any atom is 0.472 e. The van der Waals surface area contributed by atoms with Crippen LogP contribution in [0.25, 0.3) is 0 Å². The van der Waals surface area contributed by atoms with Crippen molar-refractivity contribution in [2.24, 2.45) is 0 Å². The van der Waals surface area contributed by atoms with Gasteiger partial charge in [-0.1, -0.05) is 19.1 Å². The maximum absolute atomic E-state index is 12.1. The summed E-state index contributed by atoms with van der Waals surface area (Å²) < 4.78 is 43.5. The van der Waals surface area contributed by atoms with E-state index in [2.05, 4.69) is 0 Å². The van der Waals surface area contributed by atoms with Crippen LogP contribution in [0.15, 0.2) is 24.3 Å². The van der Waals surface area contributed by atoms with E-state index in [1.165, 1.54) is 17.6 Å². The monoisotopic (exact) mass is 417 g/mol. The van der Waals surface area contributed by atoms with Crippen LogP contribution in [0.1, 0.15) is 29.3 Å². The minimum absolute atomic E-state index is 0.0830. The van der Waals surface area contributed by atoms with E-state index in [9.17, 15) is 27.9 Å². The largest absolute Gasteiger partial charge is 0.472 e. The fourth-order valence-electron chi connectivity index (χ4n) is 2.72. The molecule has 1 saturated heterocycles. The molecule has 1 aliphatic rings. The van der Waals surface area contributed by atoms with E-state index >= 15 is 0 Å². The number of hydrogen-bond donors (Lipinski definition) is 3. The van der Waals surface area contributed by atoms with Crippen molar-refractivity contribution in [3.05, 3.63) is 35.4 Å². The van der Waals surface area contributed by atoms with E-state index in [-0.39, 0.29) is 11.6 Å². The molecule has 8 nitrogen and oxygen atoms in total. The molecule has 2 amide bonds. The number of aliphatic hydroxyl groups excluding tert-OH is 1. The molecule has 1 heterocycles. The van der Waals surface area contributed by atoms with Crippen LogP contribution < -0.4 is 10.9 Å². The second-order valence-corrected chi connectivity index (χ2v) is 6.42. The second kappa shape index (κ2) is 10.1. The molecule has 1 aliphatic heterocycles. The number of benzene rings is 1. The molecular formula is C18H24F3N4O4+. The SMILES string of the molecule is CCCN(Cc1ccc(C(=O)NNC(=O)C(F)(F)F)cc1)C(O)=[N+]1CCOCC1. The first-order valence-electron chi connectivity index (χ1n) is 9.12. The zero-order chi connectivity index (χ0) is 21.4. The molecule has 1 fully saturated rings. The van der Waals surface area contributed by atoms with E-state index in [0.29, 0.717) is 39.4 Å². The standard InChI is InChI=1S/C18H23F3N4O4/c1-2-7-25(17(28)24-8-10-29-11-9-24)12-13-3-5-14(6-4-13)15(26)22-23-16(27)18(19,20)21/h3-6H,2,7-12H2,1H3,(H2,22,23,26,27)/p+1. The lowest BCUT2D eigenvalue weighted by molar-refractivity contribution is -0.561. The third-order valence-corrected chi connectivity index (χ3v) is 4.21.